The van der Waals surface area contributed by atoms with Crippen molar-refractivity contribution in [3.05, 3.63) is 80.1 Å². The van der Waals surface area contributed by atoms with Gasteiger partial charge in [-0.3, -0.25) is 4.98 Å². The Balaban J connectivity index is 1.60. The highest BCUT2D eigenvalue weighted by molar-refractivity contribution is 9.10. The highest BCUT2D eigenvalue weighted by Gasteiger charge is 2.31. The first-order valence-corrected chi connectivity index (χ1v) is 9.57. The molecular formula is C19H16BrF2N3S. The molecule has 1 unspecified atom stereocenters. The van der Waals surface area contributed by atoms with Gasteiger partial charge in [0.1, 0.15) is 11.6 Å². The summed E-state index contributed by atoms with van der Waals surface area (Å²) in [5.41, 5.74) is 3.36. The number of rotatable bonds is 4. The zero-order valence-corrected chi connectivity index (χ0v) is 16.2. The summed E-state index contributed by atoms with van der Waals surface area (Å²) in [5, 5.41) is 0. The zero-order chi connectivity index (χ0) is 18.3. The number of pyridine rings is 1. The number of aryl methyl sites for hydroxylation is 2. The lowest BCUT2D eigenvalue weighted by Gasteiger charge is -2.13. The number of H-pyrrole nitrogens is 1. The first kappa shape index (κ1) is 17.5. The Morgan fingerprint density at radius 3 is 2.88 bits per heavy atom. The van der Waals surface area contributed by atoms with Crippen LogP contribution in [0.1, 0.15) is 28.4 Å². The van der Waals surface area contributed by atoms with Crippen LogP contribution in [0.15, 0.2) is 41.1 Å². The maximum Gasteiger partial charge on any atom is 0.177 e. The van der Waals surface area contributed by atoms with Gasteiger partial charge in [0.05, 0.1) is 4.47 Å². The van der Waals surface area contributed by atoms with E-state index in [0.29, 0.717) is 17.7 Å². The molecule has 3 nitrogen and oxygen atoms in total. The van der Waals surface area contributed by atoms with Crippen LogP contribution in [0.25, 0.3) is 0 Å². The first-order valence-electron chi connectivity index (χ1n) is 8.37. The van der Waals surface area contributed by atoms with Gasteiger partial charge in [-0.2, -0.15) is 0 Å². The number of nitrogens with zero attached hydrogens (tertiary/aromatic N) is 2. The molecule has 134 valence electrons. The molecule has 0 fully saturated rings. The number of nitrogens with one attached hydrogen (secondary N) is 1. The molecule has 0 radical (unpaired) electrons. The van der Waals surface area contributed by atoms with E-state index >= 15 is 0 Å². The van der Waals surface area contributed by atoms with Gasteiger partial charge in [0, 0.05) is 41.8 Å². The third-order valence-electron chi connectivity index (χ3n) is 4.89. The summed E-state index contributed by atoms with van der Waals surface area (Å²) < 4.78 is 31.6. The number of hydrogen-bond acceptors (Lipinski definition) is 2. The van der Waals surface area contributed by atoms with Crippen LogP contribution in [0.5, 0.6) is 0 Å². The van der Waals surface area contributed by atoms with E-state index in [4.69, 9.17) is 12.2 Å². The van der Waals surface area contributed by atoms with Gasteiger partial charge < -0.3 is 9.55 Å². The number of hydrogen-bond donors (Lipinski definition) is 1. The topological polar surface area (TPSA) is 33.6 Å². The fraction of sp³-hybridized carbons (Fsp3) is 0.263. The fourth-order valence-corrected chi connectivity index (χ4v) is 4.29. The van der Waals surface area contributed by atoms with Crippen molar-refractivity contribution >= 4 is 28.1 Å². The highest BCUT2D eigenvalue weighted by Crippen LogP contribution is 2.36. The van der Waals surface area contributed by atoms with E-state index in [9.17, 15) is 8.78 Å². The van der Waals surface area contributed by atoms with Gasteiger partial charge in [-0.05, 0) is 71.2 Å². The summed E-state index contributed by atoms with van der Waals surface area (Å²) >= 11 is 8.57. The molecule has 1 aromatic carbocycles. The third kappa shape index (κ3) is 3.14. The van der Waals surface area contributed by atoms with E-state index < -0.39 is 11.6 Å². The average molecular weight is 436 g/mol. The molecule has 1 atom stereocenters. The molecule has 1 N–H and O–H groups in total. The van der Waals surface area contributed by atoms with E-state index in [1.807, 2.05) is 22.9 Å². The predicted octanol–water partition coefficient (Wildman–Crippen LogP) is 5.11. The molecule has 4 rings (SSSR count). The lowest BCUT2D eigenvalue weighted by Crippen LogP contribution is -2.08. The Kier molecular flexibility index (Phi) is 4.75. The number of halogens is 3. The standard InChI is InChI=1S/C19H16BrF2N3S/c20-13-4-5-14(21)17(18(13)22)12-8-16-15(24-19(26)25(16)10-12)6-3-11-2-1-7-23-9-11/h1-2,4-5,7,9,12H,3,6,8,10H2,(H,24,26). The second kappa shape index (κ2) is 7.04. The molecule has 0 aliphatic carbocycles. The maximum absolute atomic E-state index is 14.5. The molecule has 1 aliphatic heterocycles. The van der Waals surface area contributed by atoms with Crippen LogP contribution in [0.3, 0.4) is 0 Å². The second-order valence-electron chi connectivity index (χ2n) is 6.49. The summed E-state index contributed by atoms with van der Waals surface area (Å²) in [5.74, 6) is -1.28. The van der Waals surface area contributed by atoms with Crippen molar-refractivity contribution in [1.82, 2.24) is 14.5 Å². The Bertz CT molecular complexity index is 1010. The van der Waals surface area contributed by atoms with Crippen LogP contribution in [-0.4, -0.2) is 14.5 Å². The molecule has 26 heavy (non-hydrogen) atoms. The summed E-state index contributed by atoms with van der Waals surface area (Å²) in [6.45, 7) is 0.488. The van der Waals surface area contributed by atoms with Crippen molar-refractivity contribution in [2.75, 3.05) is 0 Å². The molecular weight excluding hydrogens is 420 g/mol. The van der Waals surface area contributed by atoms with Crippen LogP contribution >= 0.6 is 28.1 Å². The molecule has 0 bridgehead atoms. The highest BCUT2D eigenvalue weighted by atomic mass is 79.9. The van der Waals surface area contributed by atoms with E-state index in [1.54, 1.807) is 6.20 Å². The van der Waals surface area contributed by atoms with E-state index in [0.717, 1.165) is 29.8 Å². The first-order chi connectivity index (χ1) is 12.5. The number of imidazole rings is 1. The molecule has 0 saturated heterocycles. The third-order valence-corrected chi connectivity index (χ3v) is 5.83. The number of aromatic amines is 1. The van der Waals surface area contributed by atoms with Crippen molar-refractivity contribution < 1.29 is 8.78 Å². The van der Waals surface area contributed by atoms with Crippen molar-refractivity contribution in [1.29, 1.82) is 0 Å². The van der Waals surface area contributed by atoms with Crippen molar-refractivity contribution in [2.24, 2.45) is 0 Å². The summed E-state index contributed by atoms with van der Waals surface area (Å²) in [6.07, 6.45) is 5.78. The van der Waals surface area contributed by atoms with Crippen molar-refractivity contribution in [3.8, 4) is 0 Å². The quantitative estimate of drug-likeness (QED) is 0.456. The van der Waals surface area contributed by atoms with Crippen LogP contribution in [0.4, 0.5) is 8.78 Å². The second-order valence-corrected chi connectivity index (χ2v) is 7.73. The maximum atomic E-state index is 14.5. The average Bonchev–Trinajstić information content (AvgIpc) is 3.19. The Morgan fingerprint density at radius 1 is 1.27 bits per heavy atom. The van der Waals surface area contributed by atoms with Gasteiger partial charge in [0.25, 0.3) is 0 Å². The lowest BCUT2D eigenvalue weighted by atomic mass is 9.95. The van der Waals surface area contributed by atoms with E-state index in [-0.39, 0.29) is 16.0 Å². The Hall–Kier alpha value is -1.86. The monoisotopic (exact) mass is 435 g/mol. The number of fused-ring (bicyclic) bond motifs is 1. The molecule has 0 amide bonds. The van der Waals surface area contributed by atoms with Crippen molar-refractivity contribution in [2.45, 2.75) is 31.7 Å². The predicted molar refractivity (Wildman–Crippen MR) is 102 cm³/mol. The molecule has 2 aromatic heterocycles. The Morgan fingerprint density at radius 2 is 2.12 bits per heavy atom. The lowest BCUT2D eigenvalue weighted by molar-refractivity contribution is 0.509. The SMILES string of the molecule is Fc1ccc(Br)c(F)c1C1Cc2c(CCc3cccnc3)[nH]c(=S)n2C1. The largest absolute Gasteiger partial charge is 0.334 e. The van der Waals surface area contributed by atoms with Crippen LogP contribution in [-0.2, 0) is 25.8 Å². The summed E-state index contributed by atoms with van der Waals surface area (Å²) in [7, 11) is 0. The van der Waals surface area contributed by atoms with Crippen molar-refractivity contribution in [3.63, 3.8) is 0 Å². The van der Waals surface area contributed by atoms with E-state index in [2.05, 4.69) is 25.9 Å². The molecule has 1 aliphatic rings. The van der Waals surface area contributed by atoms with Gasteiger partial charge in [-0.25, -0.2) is 8.78 Å². The molecule has 7 heteroatoms. The number of aromatic nitrogens is 3. The minimum Gasteiger partial charge on any atom is -0.334 e. The minimum atomic E-state index is -0.521. The van der Waals surface area contributed by atoms with Gasteiger partial charge in [-0.1, -0.05) is 6.07 Å². The molecule has 3 heterocycles. The van der Waals surface area contributed by atoms with Gasteiger partial charge in [0.15, 0.2) is 4.77 Å². The van der Waals surface area contributed by atoms with Gasteiger partial charge >= 0.3 is 0 Å². The Labute approximate surface area is 163 Å². The normalized spacial score (nSPS) is 16.0. The van der Waals surface area contributed by atoms with Gasteiger partial charge in [0.2, 0.25) is 0 Å². The van der Waals surface area contributed by atoms with Gasteiger partial charge in [-0.15, -0.1) is 0 Å². The van der Waals surface area contributed by atoms with Crippen LogP contribution < -0.4 is 0 Å². The molecule has 3 aromatic rings. The summed E-state index contributed by atoms with van der Waals surface area (Å²) in [4.78, 5) is 7.39. The minimum absolute atomic E-state index is 0.135. The fourth-order valence-electron chi connectivity index (χ4n) is 3.63. The number of benzene rings is 1. The van der Waals surface area contributed by atoms with Crippen LogP contribution in [0, 0.1) is 16.4 Å². The molecule has 0 saturated carbocycles. The smallest absolute Gasteiger partial charge is 0.177 e. The zero-order valence-electron chi connectivity index (χ0n) is 13.8. The molecule has 0 spiro atoms. The summed E-state index contributed by atoms with van der Waals surface area (Å²) in [6, 6.07) is 6.65. The van der Waals surface area contributed by atoms with Crippen LogP contribution in [0.2, 0.25) is 0 Å². The van der Waals surface area contributed by atoms with E-state index in [1.165, 1.54) is 12.1 Å².